The molecular weight excluding hydrogens is 330 g/mol. The van der Waals surface area contributed by atoms with Crippen LogP contribution in [0.1, 0.15) is 22.8 Å². The molecule has 0 amide bonds. The van der Waals surface area contributed by atoms with E-state index in [9.17, 15) is 9.59 Å². The van der Waals surface area contributed by atoms with Crippen LogP contribution in [0.5, 0.6) is 0 Å². The molecule has 0 unspecified atom stereocenters. The monoisotopic (exact) mass is 349 g/mol. The van der Waals surface area contributed by atoms with Gasteiger partial charge in [-0.2, -0.15) is 0 Å². The Kier molecular flexibility index (Phi) is 5.51. The Morgan fingerprint density at radius 2 is 2.00 bits per heavy atom. The Hall–Kier alpha value is -2.47. The molecule has 0 atom stereocenters. The van der Waals surface area contributed by atoms with Crippen LogP contribution in [0, 0.1) is 6.92 Å². The number of esters is 1. The Balaban J connectivity index is 2.55. The second kappa shape index (κ2) is 7.40. The van der Waals surface area contributed by atoms with E-state index in [0.29, 0.717) is 10.7 Å². The molecule has 24 heavy (non-hydrogen) atoms. The van der Waals surface area contributed by atoms with Crippen molar-refractivity contribution in [3.8, 4) is 0 Å². The fraction of sp³-hybridized carbons (Fsp3) is 0.294. The number of pyridine rings is 1. The lowest BCUT2D eigenvalue weighted by Gasteiger charge is -2.19. The number of anilines is 2. The molecule has 6 nitrogen and oxygen atoms in total. The van der Waals surface area contributed by atoms with E-state index in [2.05, 4.69) is 5.32 Å². The van der Waals surface area contributed by atoms with E-state index in [1.54, 1.807) is 38.2 Å². The zero-order chi connectivity index (χ0) is 17.9. The van der Waals surface area contributed by atoms with Crippen LogP contribution in [0.25, 0.3) is 0 Å². The van der Waals surface area contributed by atoms with Crippen molar-refractivity contribution in [1.29, 1.82) is 0 Å². The summed E-state index contributed by atoms with van der Waals surface area (Å²) in [7, 11) is 3.43. The van der Waals surface area contributed by atoms with E-state index in [1.165, 1.54) is 16.9 Å². The van der Waals surface area contributed by atoms with Crippen LogP contribution in [0.2, 0.25) is 5.02 Å². The van der Waals surface area contributed by atoms with Crippen LogP contribution in [0.15, 0.2) is 35.3 Å². The molecule has 0 saturated carbocycles. The first-order valence-electron chi connectivity index (χ1n) is 7.48. The maximum Gasteiger partial charge on any atom is 0.341 e. The highest BCUT2D eigenvalue weighted by Gasteiger charge is 2.17. The molecule has 0 bridgehead atoms. The van der Waals surface area contributed by atoms with E-state index < -0.39 is 5.97 Å². The largest absolute Gasteiger partial charge is 0.462 e. The molecule has 1 aromatic carbocycles. The minimum atomic E-state index is -0.504. The fourth-order valence-corrected chi connectivity index (χ4v) is 2.36. The maximum absolute atomic E-state index is 12.3. The lowest BCUT2D eigenvalue weighted by Crippen LogP contribution is -2.36. The van der Waals surface area contributed by atoms with Gasteiger partial charge in [0.05, 0.1) is 12.3 Å². The Labute approximate surface area is 145 Å². The zero-order valence-electron chi connectivity index (χ0n) is 14.1. The summed E-state index contributed by atoms with van der Waals surface area (Å²) in [5, 5.41) is 5.25. The van der Waals surface area contributed by atoms with Crippen LogP contribution in [0.3, 0.4) is 0 Å². The topological polar surface area (TPSA) is 63.6 Å². The second-order valence-electron chi connectivity index (χ2n) is 5.44. The summed E-state index contributed by atoms with van der Waals surface area (Å²) in [6.07, 6.45) is 1.46. The van der Waals surface area contributed by atoms with Gasteiger partial charge in [0.1, 0.15) is 5.56 Å². The fourth-order valence-electron chi connectivity index (χ4n) is 2.18. The standard InChI is InChI=1S/C17H20ClN3O3/c1-5-24-17(23)13-10-21(20(3)4)16(22)9-15(13)19-14-8-12(18)7-6-11(14)2/h6-10,19H,5H2,1-4H3. The highest BCUT2D eigenvalue weighted by molar-refractivity contribution is 6.30. The molecule has 1 aromatic heterocycles. The van der Waals surface area contributed by atoms with Gasteiger partial charge in [-0.15, -0.1) is 0 Å². The van der Waals surface area contributed by atoms with E-state index in [4.69, 9.17) is 16.3 Å². The van der Waals surface area contributed by atoms with Gasteiger partial charge in [-0.3, -0.25) is 4.79 Å². The summed E-state index contributed by atoms with van der Waals surface area (Å²) in [4.78, 5) is 24.5. The van der Waals surface area contributed by atoms with Crippen molar-refractivity contribution in [3.05, 3.63) is 57.0 Å². The summed E-state index contributed by atoms with van der Waals surface area (Å²) < 4.78 is 6.43. The number of halogens is 1. The van der Waals surface area contributed by atoms with Crippen molar-refractivity contribution < 1.29 is 9.53 Å². The van der Waals surface area contributed by atoms with Gasteiger partial charge < -0.3 is 15.1 Å². The van der Waals surface area contributed by atoms with Crippen LogP contribution in [-0.2, 0) is 4.74 Å². The molecule has 1 heterocycles. The lowest BCUT2D eigenvalue weighted by molar-refractivity contribution is 0.0526. The van der Waals surface area contributed by atoms with E-state index in [-0.39, 0.29) is 17.7 Å². The third-order valence-electron chi connectivity index (χ3n) is 3.43. The number of rotatable bonds is 5. The molecule has 0 spiro atoms. The number of hydrogen-bond donors (Lipinski definition) is 1. The molecule has 0 saturated heterocycles. The Morgan fingerprint density at radius 3 is 2.62 bits per heavy atom. The van der Waals surface area contributed by atoms with E-state index >= 15 is 0 Å². The van der Waals surface area contributed by atoms with Gasteiger partial charge in [-0.05, 0) is 31.5 Å². The quantitative estimate of drug-likeness (QED) is 0.841. The molecular formula is C17H20ClN3O3. The van der Waals surface area contributed by atoms with Gasteiger partial charge in [0.15, 0.2) is 0 Å². The second-order valence-corrected chi connectivity index (χ2v) is 5.87. The summed E-state index contributed by atoms with van der Waals surface area (Å²) in [6.45, 7) is 3.88. The molecule has 0 aliphatic carbocycles. The van der Waals surface area contributed by atoms with Gasteiger partial charge in [0, 0.05) is 37.1 Å². The minimum absolute atomic E-state index is 0.246. The maximum atomic E-state index is 12.3. The summed E-state index contributed by atoms with van der Waals surface area (Å²) >= 11 is 6.03. The Bertz CT molecular complexity index is 815. The number of hydrogen-bond acceptors (Lipinski definition) is 5. The number of aromatic nitrogens is 1. The van der Waals surface area contributed by atoms with Gasteiger partial charge in [-0.1, -0.05) is 17.7 Å². The summed E-state index contributed by atoms with van der Waals surface area (Å²) in [6, 6.07) is 6.74. The number of nitrogens with one attached hydrogen (secondary N) is 1. The molecule has 1 N–H and O–H groups in total. The average Bonchev–Trinajstić information content (AvgIpc) is 2.51. The van der Waals surface area contributed by atoms with E-state index in [1.807, 2.05) is 13.0 Å². The molecule has 7 heteroatoms. The smallest absolute Gasteiger partial charge is 0.341 e. The van der Waals surface area contributed by atoms with Gasteiger partial charge in [0.2, 0.25) is 0 Å². The number of aryl methyl sites for hydroxylation is 1. The highest BCUT2D eigenvalue weighted by atomic mass is 35.5. The number of carbonyl (C=O) groups is 1. The lowest BCUT2D eigenvalue weighted by atomic mass is 10.1. The molecule has 0 fully saturated rings. The molecule has 0 aliphatic rings. The van der Waals surface area contributed by atoms with Crippen LogP contribution in [0.4, 0.5) is 11.4 Å². The summed E-state index contributed by atoms with van der Waals surface area (Å²) in [5.74, 6) is -0.504. The van der Waals surface area contributed by atoms with Gasteiger partial charge in [0.25, 0.3) is 5.56 Å². The number of nitrogens with zero attached hydrogens (tertiary/aromatic N) is 2. The molecule has 0 aliphatic heterocycles. The predicted octanol–water partition coefficient (Wildman–Crippen LogP) is 2.93. The van der Waals surface area contributed by atoms with E-state index in [0.717, 1.165) is 11.3 Å². The molecule has 0 radical (unpaired) electrons. The van der Waals surface area contributed by atoms with Crippen molar-refractivity contribution in [2.45, 2.75) is 13.8 Å². The van der Waals surface area contributed by atoms with Crippen LogP contribution < -0.4 is 15.9 Å². The normalized spacial score (nSPS) is 10.4. The van der Waals surface area contributed by atoms with Gasteiger partial charge >= 0.3 is 5.97 Å². The van der Waals surface area contributed by atoms with Crippen molar-refractivity contribution in [2.75, 3.05) is 31.0 Å². The minimum Gasteiger partial charge on any atom is -0.462 e. The first-order chi connectivity index (χ1) is 11.3. The number of carbonyl (C=O) groups excluding carboxylic acids is 1. The highest BCUT2D eigenvalue weighted by Crippen LogP contribution is 2.26. The molecule has 2 rings (SSSR count). The van der Waals surface area contributed by atoms with Gasteiger partial charge in [-0.25, -0.2) is 9.47 Å². The molecule has 2 aromatic rings. The first kappa shape index (κ1) is 17.9. The van der Waals surface area contributed by atoms with Crippen molar-refractivity contribution in [3.63, 3.8) is 0 Å². The first-order valence-corrected chi connectivity index (χ1v) is 7.86. The van der Waals surface area contributed by atoms with Crippen molar-refractivity contribution in [2.24, 2.45) is 0 Å². The third-order valence-corrected chi connectivity index (χ3v) is 3.67. The molecule has 128 valence electrons. The van der Waals surface area contributed by atoms with Crippen LogP contribution in [-0.4, -0.2) is 31.3 Å². The SMILES string of the molecule is CCOC(=O)c1cn(N(C)C)c(=O)cc1Nc1cc(Cl)ccc1C. The average molecular weight is 350 g/mol. The zero-order valence-corrected chi connectivity index (χ0v) is 14.8. The predicted molar refractivity (Wildman–Crippen MR) is 96.2 cm³/mol. The Morgan fingerprint density at radius 1 is 1.29 bits per heavy atom. The van der Waals surface area contributed by atoms with Crippen LogP contribution >= 0.6 is 11.6 Å². The summed E-state index contributed by atoms with van der Waals surface area (Å²) in [5.41, 5.74) is 2.03. The third kappa shape index (κ3) is 3.89. The number of benzene rings is 1. The van der Waals surface area contributed by atoms with Crippen molar-refractivity contribution in [1.82, 2.24) is 4.68 Å². The van der Waals surface area contributed by atoms with Crippen molar-refractivity contribution >= 4 is 28.9 Å². The number of ether oxygens (including phenoxy) is 1.